The fraction of sp³-hybridized carbons (Fsp3) is 0.720. The Balaban J connectivity index is 1.95. The van der Waals surface area contributed by atoms with Gasteiger partial charge < -0.3 is 14.3 Å². The predicted octanol–water partition coefficient (Wildman–Crippen LogP) is 4.65. The minimum absolute atomic E-state index is 0.0157. The second-order valence-corrected chi connectivity index (χ2v) is 10.6. The number of ketones is 2. The first-order valence-electron chi connectivity index (χ1n) is 11.1. The van der Waals surface area contributed by atoms with Crippen molar-refractivity contribution in [2.45, 2.75) is 72.8 Å². The molecule has 2 aliphatic carbocycles. The molecule has 0 radical (unpaired) electrons. The van der Waals surface area contributed by atoms with Crippen molar-refractivity contribution in [3.63, 3.8) is 0 Å². The molecule has 0 aromatic heterocycles. The number of carbonyl (C=O) groups excluding carboxylic acids is 3. The Kier molecular flexibility index (Phi) is 6.43. The highest BCUT2D eigenvalue weighted by atomic mass is 16.5. The van der Waals surface area contributed by atoms with Gasteiger partial charge in [0.15, 0.2) is 0 Å². The van der Waals surface area contributed by atoms with Crippen LogP contribution < -0.4 is 0 Å². The summed E-state index contributed by atoms with van der Waals surface area (Å²) in [6.07, 6.45) is 7.87. The summed E-state index contributed by atoms with van der Waals surface area (Å²) < 4.78 is 11.4. The average molecular weight is 417 g/mol. The van der Waals surface area contributed by atoms with E-state index in [1.807, 2.05) is 19.9 Å². The number of Topliss-reactive ketones (excluding diaryl/α,β-unsaturated/α-hetero) is 2. The standard InChI is InChI=1S/C25H36O5/c1-15(2)11-22(27)29-10-8-21-17(12-16(3)26)23(28)19-14-30-24(4,5)20-7-9-25(21,6)13-18(19)20/h8,10-11,17-21H,7,9,12-14H2,1-6H3/b10-8+/t17-,18+,19+,20?,21-,25-/m0/s1. The van der Waals surface area contributed by atoms with Crippen molar-refractivity contribution in [1.29, 1.82) is 0 Å². The summed E-state index contributed by atoms with van der Waals surface area (Å²) >= 11 is 0. The summed E-state index contributed by atoms with van der Waals surface area (Å²) in [4.78, 5) is 37.7. The third-order valence-electron chi connectivity index (χ3n) is 7.64. The zero-order chi connectivity index (χ0) is 22.3. The number of allylic oxidation sites excluding steroid dienone is 2. The summed E-state index contributed by atoms with van der Waals surface area (Å²) in [6.45, 7) is 12.2. The van der Waals surface area contributed by atoms with Crippen LogP contribution in [-0.2, 0) is 23.9 Å². The molecule has 6 atom stereocenters. The van der Waals surface area contributed by atoms with Crippen LogP contribution in [0.5, 0.6) is 0 Å². The van der Waals surface area contributed by atoms with Crippen molar-refractivity contribution < 1.29 is 23.9 Å². The van der Waals surface area contributed by atoms with Crippen molar-refractivity contribution >= 4 is 17.5 Å². The highest BCUT2D eigenvalue weighted by Gasteiger charge is 2.58. The van der Waals surface area contributed by atoms with E-state index in [2.05, 4.69) is 20.8 Å². The summed E-state index contributed by atoms with van der Waals surface area (Å²) in [7, 11) is 0. The topological polar surface area (TPSA) is 69.7 Å². The van der Waals surface area contributed by atoms with Gasteiger partial charge in [-0.2, -0.15) is 0 Å². The maximum Gasteiger partial charge on any atom is 0.335 e. The predicted molar refractivity (Wildman–Crippen MR) is 114 cm³/mol. The Morgan fingerprint density at radius 1 is 1.20 bits per heavy atom. The fourth-order valence-electron chi connectivity index (χ4n) is 6.20. The van der Waals surface area contributed by atoms with Crippen molar-refractivity contribution in [2.75, 3.05) is 6.61 Å². The Bertz CT molecular complexity index is 772. The van der Waals surface area contributed by atoms with Crippen LogP contribution in [-0.4, -0.2) is 29.7 Å². The maximum absolute atomic E-state index is 13.7. The molecule has 2 saturated carbocycles. The van der Waals surface area contributed by atoms with Crippen LogP contribution in [0.15, 0.2) is 24.0 Å². The second kappa shape index (κ2) is 8.41. The van der Waals surface area contributed by atoms with Gasteiger partial charge in [0.1, 0.15) is 11.6 Å². The van der Waals surface area contributed by atoms with Crippen LogP contribution in [0.25, 0.3) is 0 Å². The molecule has 5 heteroatoms. The molecule has 0 amide bonds. The minimum Gasteiger partial charge on any atom is -0.432 e. The maximum atomic E-state index is 13.7. The highest BCUT2D eigenvalue weighted by Crippen LogP contribution is 2.59. The molecule has 166 valence electrons. The van der Waals surface area contributed by atoms with Gasteiger partial charge in [0.2, 0.25) is 0 Å². The van der Waals surface area contributed by atoms with Crippen LogP contribution in [0.1, 0.15) is 67.2 Å². The summed E-state index contributed by atoms with van der Waals surface area (Å²) in [5, 5.41) is 0. The van der Waals surface area contributed by atoms with Gasteiger partial charge in [-0.05, 0) is 83.1 Å². The van der Waals surface area contributed by atoms with Gasteiger partial charge in [-0.15, -0.1) is 0 Å². The van der Waals surface area contributed by atoms with Crippen molar-refractivity contribution in [1.82, 2.24) is 0 Å². The van der Waals surface area contributed by atoms with Crippen LogP contribution in [0, 0.1) is 35.0 Å². The normalized spacial score (nSPS) is 37.4. The van der Waals surface area contributed by atoms with Gasteiger partial charge >= 0.3 is 5.97 Å². The number of esters is 1. The molecule has 3 fully saturated rings. The van der Waals surface area contributed by atoms with E-state index >= 15 is 0 Å². The van der Waals surface area contributed by atoms with Gasteiger partial charge in [0, 0.05) is 24.3 Å². The number of carbonyl (C=O) groups is 3. The Morgan fingerprint density at radius 2 is 1.90 bits per heavy atom. The molecule has 3 rings (SSSR count). The lowest BCUT2D eigenvalue weighted by atomic mass is 9.56. The molecule has 1 aliphatic heterocycles. The Morgan fingerprint density at radius 3 is 2.53 bits per heavy atom. The summed E-state index contributed by atoms with van der Waals surface area (Å²) in [6, 6.07) is 0. The smallest absolute Gasteiger partial charge is 0.335 e. The molecule has 0 spiro atoms. The number of rotatable bonds is 5. The SMILES string of the molecule is CC(=O)C[C@@H]1C(=O)[C@@H]2COC(C)(C)C3CC[C@@](C)(C[C@@H]32)[C@H]1/C=C/OC(=O)C=C(C)C. The monoisotopic (exact) mass is 416 g/mol. The average Bonchev–Trinajstić information content (AvgIpc) is 2.67. The van der Waals surface area contributed by atoms with Crippen molar-refractivity contribution in [3.8, 4) is 0 Å². The number of ether oxygens (including phenoxy) is 2. The summed E-state index contributed by atoms with van der Waals surface area (Å²) in [5.41, 5.74) is 0.525. The number of hydrogen-bond acceptors (Lipinski definition) is 5. The first-order chi connectivity index (χ1) is 13.9. The third-order valence-corrected chi connectivity index (χ3v) is 7.64. The number of fused-ring (bicyclic) bond motifs is 1. The summed E-state index contributed by atoms with van der Waals surface area (Å²) in [5.74, 6) is -0.322. The van der Waals surface area contributed by atoms with Crippen LogP contribution in [0.2, 0.25) is 0 Å². The van der Waals surface area contributed by atoms with E-state index in [9.17, 15) is 14.4 Å². The van der Waals surface area contributed by atoms with E-state index in [1.165, 1.54) is 12.3 Å². The van der Waals surface area contributed by atoms with Crippen LogP contribution >= 0.6 is 0 Å². The molecule has 5 nitrogen and oxygen atoms in total. The lowest BCUT2D eigenvalue weighted by Gasteiger charge is -2.53. The molecule has 30 heavy (non-hydrogen) atoms. The lowest BCUT2D eigenvalue weighted by molar-refractivity contribution is -0.173. The highest BCUT2D eigenvalue weighted by molar-refractivity contribution is 5.90. The minimum atomic E-state index is -0.424. The van der Waals surface area contributed by atoms with Gasteiger partial charge in [-0.25, -0.2) is 4.79 Å². The van der Waals surface area contributed by atoms with Gasteiger partial charge in [0.25, 0.3) is 0 Å². The molecular formula is C25H36O5. The van der Waals surface area contributed by atoms with Crippen LogP contribution in [0.3, 0.4) is 0 Å². The van der Waals surface area contributed by atoms with Gasteiger partial charge in [-0.3, -0.25) is 4.79 Å². The Hall–Kier alpha value is -1.75. The molecule has 1 unspecified atom stereocenters. The third kappa shape index (κ3) is 4.46. The van der Waals surface area contributed by atoms with E-state index < -0.39 is 11.9 Å². The molecule has 2 bridgehead atoms. The molecule has 0 N–H and O–H groups in total. The molecule has 0 aromatic carbocycles. The zero-order valence-electron chi connectivity index (χ0n) is 19.2. The lowest BCUT2D eigenvalue weighted by Crippen LogP contribution is -2.53. The molecule has 0 aromatic rings. The molecule has 3 aliphatic rings. The van der Waals surface area contributed by atoms with E-state index in [4.69, 9.17) is 9.47 Å². The fourth-order valence-corrected chi connectivity index (χ4v) is 6.20. The molecular weight excluding hydrogens is 380 g/mol. The van der Waals surface area contributed by atoms with E-state index in [0.717, 1.165) is 24.8 Å². The first kappa shape index (κ1) is 22.9. The van der Waals surface area contributed by atoms with E-state index in [0.29, 0.717) is 12.5 Å². The van der Waals surface area contributed by atoms with Crippen molar-refractivity contribution in [2.24, 2.45) is 35.0 Å². The van der Waals surface area contributed by atoms with Crippen LogP contribution in [0.4, 0.5) is 0 Å². The zero-order valence-corrected chi connectivity index (χ0v) is 19.2. The van der Waals surface area contributed by atoms with Gasteiger partial charge in [-0.1, -0.05) is 12.5 Å². The van der Waals surface area contributed by atoms with E-state index in [1.54, 1.807) is 6.92 Å². The van der Waals surface area contributed by atoms with Crippen molar-refractivity contribution in [3.05, 3.63) is 24.0 Å². The molecule has 1 saturated heterocycles. The Labute approximate surface area is 180 Å². The quantitative estimate of drug-likeness (QED) is 0.371. The molecule has 1 heterocycles. The second-order valence-electron chi connectivity index (χ2n) is 10.6. The van der Waals surface area contributed by atoms with Gasteiger partial charge in [0.05, 0.1) is 18.5 Å². The number of hydrogen-bond donors (Lipinski definition) is 0. The largest absolute Gasteiger partial charge is 0.432 e. The first-order valence-corrected chi connectivity index (χ1v) is 11.1. The van der Waals surface area contributed by atoms with E-state index in [-0.39, 0.29) is 46.8 Å².